The number of nitrogens with two attached hydrogens (primary N) is 1. The van der Waals surface area contributed by atoms with Crippen LogP contribution < -0.4 is 15.8 Å². The average molecular weight is 286 g/mol. The number of sulfonamides is 1. The van der Waals surface area contributed by atoms with Crippen LogP contribution in [0.5, 0.6) is 0 Å². The molecule has 0 aliphatic carbocycles. The molecule has 106 valence electrons. The van der Waals surface area contributed by atoms with Gasteiger partial charge in [0.2, 0.25) is 5.91 Å². The zero-order chi connectivity index (χ0) is 14.3. The third kappa shape index (κ3) is 4.84. The molecular formula is C11H18N4O3S. The fourth-order valence-electron chi connectivity index (χ4n) is 1.38. The normalized spacial score (nSPS) is 11.2. The molecule has 0 radical (unpaired) electrons. The Balaban J connectivity index is 2.84. The van der Waals surface area contributed by atoms with E-state index in [0.717, 1.165) is 6.42 Å². The molecule has 1 amide bonds. The largest absolute Gasteiger partial charge is 0.383 e. The van der Waals surface area contributed by atoms with Crippen molar-refractivity contribution in [2.45, 2.75) is 24.8 Å². The van der Waals surface area contributed by atoms with Gasteiger partial charge in [-0.05, 0) is 18.6 Å². The third-order valence-electron chi connectivity index (χ3n) is 2.25. The first-order chi connectivity index (χ1) is 8.97. The number of hydrogen-bond donors (Lipinski definition) is 3. The maximum atomic E-state index is 12.0. The number of aromatic nitrogens is 1. The Morgan fingerprint density at radius 3 is 2.79 bits per heavy atom. The van der Waals surface area contributed by atoms with Gasteiger partial charge in [-0.15, -0.1) is 0 Å². The molecule has 0 bridgehead atoms. The molecule has 1 rings (SSSR count). The fourth-order valence-corrected chi connectivity index (χ4v) is 2.51. The molecule has 4 N–H and O–H groups in total. The number of nitrogens with zero attached hydrogens (tertiary/aromatic N) is 1. The Kier molecular flexibility index (Phi) is 5.71. The molecule has 0 saturated heterocycles. The van der Waals surface area contributed by atoms with Gasteiger partial charge in [-0.25, -0.2) is 18.1 Å². The number of carbonyl (C=O) groups is 1. The van der Waals surface area contributed by atoms with Gasteiger partial charge in [-0.1, -0.05) is 6.92 Å². The van der Waals surface area contributed by atoms with E-state index in [2.05, 4.69) is 15.0 Å². The number of primary amides is 1. The summed E-state index contributed by atoms with van der Waals surface area (Å²) in [6.45, 7) is 2.58. The van der Waals surface area contributed by atoms with Gasteiger partial charge in [0.25, 0.3) is 10.0 Å². The summed E-state index contributed by atoms with van der Waals surface area (Å²) in [6.07, 6.45) is 2.22. The molecule has 1 aromatic rings. The molecule has 19 heavy (non-hydrogen) atoms. The Hall–Kier alpha value is -1.67. The number of carbonyl (C=O) groups excluding carboxylic acids is 1. The second kappa shape index (κ2) is 7.05. The Morgan fingerprint density at radius 2 is 2.16 bits per heavy atom. The van der Waals surface area contributed by atoms with E-state index in [1.807, 2.05) is 6.92 Å². The SMILES string of the molecule is CCCNc1cccnc1S(=O)(=O)NCCC(N)=O. The molecule has 0 fully saturated rings. The molecule has 0 saturated carbocycles. The van der Waals surface area contributed by atoms with Crippen molar-refractivity contribution in [1.82, 2.24) is 9.71 Å². The molecule has 0 aliphatic rings. The smallest absolute Gasteiger partial charge is 0.260 e. The zero-order valence-electron chi connectivity index (χ0n) is 10.7. The third-order valence-corrected chi connectivity index (χ3v) is 3.67. The van der Waals surface area contributed by atoms with Gasteiger partial charge in [0.05, 0.1) is 5.69 Å². The highest BCUT2D eigenvalue weighted by Gasteiger charge is 2.19. The molecule has 0 aliphatic heterocycles. The van der Waals surface area contributed by atoms with Crippen LogP contribution in [0.1, 0.15) is 19.8 Å². The highest BCUT2D eigenvalue weighted by molar-refractivity contribution is 7.89. The first-order valence-corrected chi connectivity index (χ1v) is 7.42. The fraction of sp³-hybridized carbons (Fsp3) is 0.455. The van der Waals surface area contributed by atoms with Crippen LogP contribution in [0.4, 0.5) is 5.69 Å². The minimum atomic E-state index is -3.75. The van der Waals surface area contributed by atoms with Gasteiger partial charge in [-0.3, -0.25) is 4.79 Å². The van der Waals surface area contributed by atoms with E-state index in [-0.39, 0.29) is 18.0 Å². The minimum Gasteiger partial charge on any atom is -0.383 e. The summed E-state index contributed by atoms with van der Waals surface area (Å²) in [4.78, 5) is 14.5. The second-order valence-corrected chi connectivity index (χ2v) is 5.58. The van der Waals surface area contributed by atoms with Crippen molar-refractivity contribution < 1.29 is 13.2 Å². The molecule has 7 nitrogen and oxygen atoms in total. The predicted molar refractivity (Wildman–Crippen MR) is 72.0 cm³/mol. The van der Waals surface area contributed by atoms with Gasteiger partial charge in [0, 0.05) is 25.7 Å². The Bertz CT molecular complexity index is 530. The molecule has 1 aromatic heterocycles. The number of rotatable bonds is 8. The lowest BCUT2D eigenvalue weighted by Gasteiger charge is -2.11. The maximum absolute atomic E-state index is 12.0. The molecule has 0 spiro atoms. The van der Waals surface area contributed by atoms with Crippen molar-refractivity contribution >= 4 is 21.6 Å². The van der Waals surface area contributed by atoms with Crippen LogP contribution in [0, 0.1) is 0 Å². The maximum Gasteiger partial charge on any atom is 0.260 e. The molecule has 0 atom stereocenters. The van der Waals surface area contributed by atoms with Gasteiger partial charge in [0.1, 0.15) is 0 Å². The lowest BCUT2D eigenvalue weighted by atomic mass is 10.4. The van der Waals surface area contributed by atoms with Crippen LogP contribution in [-0.4, -0.2) is 32.4 Å². The van der Waals surface area contributed by atoms with E-state index >= 15 is 0 Å². The van der Waals surface area contributed by atoms with Crippen molar-refractivity contribution in [2.24, 2.45) is 5.73 Å². The Labute approximate surface area is 112 Å². The van der Waals surface area contributed by atoms with Gasteiger partial charge in [0.15, 0.2) is 5.03 Å². The van der Waals surface area contributed by atoms with Crippen molar-refractivity contribution in [3.8, 4) is 0 Å². The van der Waals surface area contributed by atoms with Gasteiger partial charge >= 0.3 is 0 Å². The van der Waals surface area contributed by atoms with Crippen LogP contribution >= 0.6 is 0 Å². The predicted octanol–water partition coefficient (Wildman–Crippen LogP) is 0.0572. The molecule has 1 heterocycles. The van der Waals surface area contributed by atoms with E-state index in [4.69, 9.17) is 5.73 Å². The molecular weight excluding hydrogens is 268 g/mol. The van der Waals surface area contributed by atoms with E-state index < -0.39 is 15.9 Å². The monoisotopic (exact) mass is 286 g/mol. The van der Waals surface area contributed by atoms with Crippen molar-refractivity contribution in [1.29, 1.82) is 0 Å². The van der Waals surface area contributed by atoms with Gasteiger partial charge in [-0.2, -0.15) is 0 Å². The standard InChI is InChI=1S/C11H18N4O3S/c1-2-6-13-9-4-3-7-14-11(9)19(17,18)15-8-5-10(12)16/h3-4,7,13,15H,2,5-6,8H2,1H3,(H2,12,16). The first kappa shape index (κ1) is 15.4. The summed E-state index contributed by atoms with van der Waals surface area (Å²) in [6, 6.07) is 3.30. The van der Waals surface area contributed by atoms with Crippen LogP contribution in [0.15, 0.2) is 23.4 Å². The topological polar surface area (TPSA) is 114 Å². The number of anilines is 1. The lowest BCUT2D eigenvalue weighted by molar-refractivity contribution is -0.117. The molecule has 0 aromatic carbocycles. The number of amides is 1. The van der Waals surface area contributed by atoms with E-state index in [1.165, 1.54) is 6.20 Å². The lowest BCUT2D eigenvalue weighted by Crippen LogP contribution is -2.29. The van der Waals surface area contributed by atoms with Crippen LogP contribution in [0.3, 0.4) is 0 Å². The van der Waals surface area contributed by atoms with E-state index in [9.17, 15) is 13.2 Å². The first-order valence-electron chi connectivity index (χ1n) is 5.94. The number of nitrogens with one attached hydrogen (secondary N) is 2. The average Bonchev–Trinajstić information content (AvgIpc) is 2.36. The zero-order valence-corrected chi connectivity index (χ0v) is 11.5. The number of pyridine rings is 1. The van der Waals surface area contributed by atoms with Crippen LogP contribution in [0.25, 0.3) is 0 Å². The van der Waals surface area contributed by atoms with Crippen molar-refractivity contribution in [3.63, 3.8) is 0 Å². The molecule has 8 heteroatoms. The van der Waals surface area contributed by atoms with Gasteiger partial charge < -0.3 is 11.1 Å². The highest BCUT2D eigenvalue weighted by Crippen LogP contribution is 2.17. The van der Waals surface area contributed by atoms with E-state index in [0.29, 0.717) is 12.2 Å². The summed E-state index contributed by atoms with van der Waals surface area (Å²) >= 11 is 0. The number of hydrogen-bond acceptors (Lipinski definition) is 5. The minimum absolute atomic E-state index is 0.0402. The summed E-state index contributed by atoms with van der Waals surface area (Å²) in [7, 11) is -3.75. The van der Waals surface area contributed by atoms with Crippen LogP contribution in [0.2, 0.25) is 0 Å². The summed E-state index contributed by atoms with van der Waals surface area (Å²) in [5, 5.41) is 2.92. The summed E-state index contributed by atoms with van der Waals surface area (Å²) < 4.78 is 26.4. The highest BCUT2D eigenvalue weighted by atomic mass is 32.2. The second-order valence-electron chi connectivity index (χ2n) is 3.90. The Morgan fingerprint density at radius 1 is 1.42 bits per heavy atom. The van der Waals surface area contributed by atoms with Crippen LogP contribution in [-0.2, 0) is 14.8 Å². The van der Waals surface area contributed by atoms with Crippen molar-refractivity contribution in [3.05, 3.63) is 18.3 Å². The summed E-state index contributed by atoms with van der Waals surface area (Å²) in [5.41, 5.74) is 5.40. The molecule has 0 unspecified atom stereocenters. The van der Waals surface area contributed by atoms with E-state index in [1.54, 1.807) is 12.1 Å². The van der Waals surface area contributed by atoms with Crippen molar-refractivity contribution in [2.75, 3.05) is 18.4 Å². The summed E-state index contributed by atoms with van der Waals surface area (Å²) in [5.74, 6) is -0.562. The quantitative estimate of drug-likeness (QED) is 0.625.